The Morgan fingerprint density at radius 1 is 1.26 bits per heavy atom. The van der Waals surface area contributed by atoms with Crippen molar-refractivity contribution in [3.05, 3.63) is 53.2 Å². The van der Waals surface area contributed by atoms with Crippen LogP contribution in [-0.4, -0.2) is 37.4 Å². The van der Waals surface area contributed by atoms with Gasteiger partial charge in [-0.05, 0) is 17.7 Å². The Kier molecular flexibility index (Phi) is 4.08. The summed E-state index contributed by atoms with van der Waals surface area (Å²) in [6.07, 6.45) is 5.20. The number of aryl methyl sites for hydroxylation is 1. The van der Waals surface area contributed by atoms with E-state index in [1.165, 1.54) is 0 Å². The minimum Gasteiger partial charge on any atom is -0.481 e. The van der Waals surface area contributed by atoms with Gasteiger partial charge in [-0.15, -0.1) is 0 Å². The molecule has 0 aliphatic rings. The van der Waals surface area contributed by atoms with Gasteiger partial charge < -0.3 is 15.4 Å². The van der Waals surface area contributed by atoms with Crippen molar-refractivity contribution in [3.8, 4) is 11.1 Å². The van der Waals surface area contributed by atoms with Gasteiger partial charge in [0.1, 0.15) is 5.82 Å². The Morgan fingerprint density at radius 2 is 2.11 bits per heavy atom. The number of aromatic amines is 1. The van der Waals surface area contributed by atoms with Crippen LogP contribution in [0, 0.1) is 0 Å². The van der Waals surface area contributed by atoms with Crippen LogP contribution < -0.4 is 10.9 Å². The molecule has 3 aromatic heterocycles. The maximum Gasteiger partial charge on any atom is 0.305 e. The Morgan fingerprint density at radius 3 is 2.85 bits per heavy atom. The molecule has 1 aromatic carbocycles. The van der Waals surface area contributed by atoms with E-state index in [1.807, 2.05) is 31.4 Å². The minimum absolute atomic E-state index is 0.0235. The van der Waals surface area contributed by atoms with E-state index >= 15 is 0 Å². The highest BCUT2D eigenvalue weighted by molar-refractivity contribution is 6.10. The maximum absolute atomic E-state index is 12.4. The lowest BCUT2D eigenvalue weighted by molar-refractivity contribution is -0.136. The van der Waals surface area contributed by atoms with Crippen LogP contribution in [0.1, 0.15) is 6.42 Å². The molecule has 4 aromatic rings. The molecule has 27 heavy (non-hydrogen) atoms. The number of carbonyl (C=O) groups is 1. The number of rotatable bonds is 5. The van der Waals surface area contributed by atoms with Gasteiger partial charge in [0, 0.05) is 42.3 Å². The molecule has 0 atom stereocenters. The number of aliphatic carboxylic acids is 1. The molecule has 136 valence electrons. The first-order valence-electron chi connectivity index (χ1n) is 8.43. The molecule has 3 heterocycles. The molecule has 0 saturated heterocycles. The smallest absolute Gasteiger partial charge is 0.305 e. The van der Waals surface area contributed by atoms with Crippen LogP contribution in [0.2, 0.25) is 0 Å². The van der Waals surface area contributed by atoms with Crippen molar-refractivity contribution in [1.29, 1.82) is 0 Å². The molecule has 0 radical (unpaired) electrons. The molecule has 0 unspecified atom stereocenters. The number of benzene rings is 1. The van der Waals surface area contributed by atoms with E-state index in [1.54, 1.807) is 23.1 Å². The summed E-state index contributed by atoms with van der Waals surface area (Å²) >= 11 is 0. The first-order chi connectivity index (χ1) is 13.0. The van der Waals surface area contributed by atoms with Crippen molar-refractivity contribution in [2.24, 2.45) is 7.05 Å². The van der Waals surface area contributed by atoms with Crippen LogP contribution >= 0.6 is 0 Å². The fourth-order valence-electron chi connectivity index (χ4n) is 3.13. The van der Waals surface area contributed by atoms with Crippen molar-refractivity contribution in [1.82, 2.24) is 19.7 Å². The van der Waals surface area contributed by atoms with E-state index in [2.05, 4.69) is 20.4 Å². The Balaban J connectivity index is 1.93. The number of anilines is 1. The first kappa shape index (κ1) is 16.8. The van der Waals surface area contributed by atoms with Gasteiger partial charge >= 0.3 is 5.97 Å². The number of carboxylic acids is 1. The lowest BCUT2D eigenvalue weighted by atomic mass is 10.0. The molecule has 0 spiro atoms. The normalized spacial score (nSPS) is 11.1. The quantitative estimate of drug-likeness (QED) is 0.469. The summed E-state index contributed by atoms with van der Waals surface area (Å²) in [5.41, 5.74) is 2.21. The Bertz CT molecular complexity index is 1230. The average Bonchev–Trinajstić information content (AvgIpc) is 3.07. The molecule has 0 aliphatic heterocycles. The van der Waals surface area contributed by atoms with Gasteiger partial charge in [-0.3, -0.25) is 14.3 Å². The third-order valence-corrected chi connectivity index (χ3v) is 4.38. The second kappa shape index (κ2) is 6.56. The summed E-state index contributed by atoms with van der Waals surface area (Å²) in [5.74, 6) is -0.329. The van der Waals surface area contributed by atoms with Crippen LogP contribution in [0.15, 0.2) is 47.7 Å². The number of fused-ring (bicyclic) bond motifs is 3. The predicted octanol–water partition coefficient (Wildman–Crippen LogP) is 2.36. The first-order valence-corrected chi connectivity index (χ1v) is 8.43. The molecular formula is C19H17N5O3. The Hall–Kier alpha value is -3.68. The van der Waals surface area contributed by atoms with E-state index in [9.17, 15) is 9.59 Å². The van der Waals surface area contributed by atoms with Crippen molar-refractivity contribution in [2.75, 3.05) is 11.9 Å². The zero-order chi connectivity index (χ0) is 19.0. The highest BCUT2D eigenvalue weighted by Crippen LogP contribution is 2.31. The fraction of sp³-hybridized carbons (Fsp3) is 0.158. The van der Waals surface area contributed by atoms with Gasteiger partial charge in [0.25, 0.3) is 5.56 Å². The highest BCUT2D eigenvalue weighted by atomic mass is 16.4. The molecule has 8 nitrogen and oxygen atoms in total. The third kappa shape index (κ3) is 3.12. The van der Waals surface area contributed by atoms with Gasteiger partial charge in [-0.25, -0.2) is 4.98 Å². The van der Waals surface area contributed by atoms with E-state index in [4.69, 9.17) is 5.11 Å². The number of hydrogen-bond acceptors (Lipinski definition) is 5. The summed E-state index contributed by atoms with van der Waals surface area (Å²) in [4.78, 5) is 30.5. The summed E-state index contributed by atoms with van der Waals surface area (Å²) in [6.45, 7) is 0.247. The molecule has 0 bridgehead atoms. The summed E-state index contributed by atoms with van der Waals surface area (Å²) < 4.78 is 1.72. The highest BCUT2D eigenvalue weighted by Gasteiger charge is 2.13. The molecule has 0 amide bonds. The van der Waals surface area contributed by atoms with Crippen LogP contribution in [0.3, 0.4) is 0 Å². The van der Waals surface area contributed by atoms with E-state index in [0.29, 0.717) is 16.7 Å². The second-order valence-corrected chi connectivity index (χ2v) is 6.26. The monoisotopic (exact) mass is 363 g/mol. The van der Waals surface area contributed by atoms with E-state index < -0.39 is 5.97 Å². The molecule has 0 fully saturated rings. The zero-order valence-corrected chi connectivity index (χ0v) is 14.6. The van der Waals surface area contributed by atoms with Crippen molar-refractivity contribution in [2.45, 2.75) is 6.42 Å². The molecule has 0 saturated carbocycles. The van der Waals surface area contributed by atoms with Gasteiger partial charge in [-0.2, -0.15) is 5.10 Å². The number of carboxylic acid groups (broad SMARTS) is 1. The maximum atomic E-state index is 12.4. The van der Waals surface area contributed by atoms with Gasteiger partial charge in [0.2, 0.25) is 0 Å². The number of nitrogens with one attached hydrogen (secondary N) is 2. The van der Waals surface area contributed by atoms with Crippen LogP contribution in [0.25, 0.3) is 32.8 Å². The van der Waals surface area contributed by atoms with Crippen LogP contribution in [0.5, 0.6) is 0 Å². The van der Waals surface area contributed by atoms with Crippen LogP contribution in [-0.2, 0) is 11.8 Å². The standard InChI is InChI=1S/C19H17N5O3/c1-24-10-12(9-22-24)11-2-3-13-14(8-11)17-15(4-6-21-19(17)27)23-18(13)20-7-5-16(25)26/h2-4,6,8-10H,5,7H2,1H3,(H,20,23)(H,21,27)(H,25,26). The lowest BCUT2D eigenvalue weighted by Gasteiger charge is -2.11. The van der Waals surface area contributed by atoms with E-state index in [-0.39, 0.29) is 18.5 Å². The second-order valence-electron chi connectivity index (χ2n) is 6.26. The lowest BCUT2D eigenvalue weighted by Crippen LogP contribution is -2.11. The van der Waals surface area contributed by atoms with Crippen LogP contribution in [0.4, 0.5) is 5.82 Å². The van der Waals surface area contributed by atoms with Crippen molar-refractivity contribution < 1.29 is 9.90 Å². The van der Waals surface area contributed by atoms with Crippen molar-refractivity contribution >= 4 is 33.5 Å². The molecule has 3 N–H and O–H groups in total. The molecular weight excluding hydrogens is 346 g/mol. The SMILES string of the molecule is Cn1cc(-c2ccc3c(NCCC(=O)O)nc4cc[nH]c(=O)c4c3c2)cn1. The summed E-state index contributed by atoms with van der Waals surface area (Å²) in [6, 6.07) is 7.50. The number of aromatic nitrogens is 4. The zero-order valence-electron chi connectivity index (χ0n) is 14.6. The number of hydrogen-bond donors (Lipinski definition) is 3. The number of pyridine rings is 2. The van der Waals surface area contributed by atoms with Crippen molar-refractivity contribution in [3.63, 3.8) is 0 Å². The number of H-pyrrole nitrogens is 1. The topological polar surface area (TPSA) is 113 Å². The summed E-state index contributed by atoms with van der Waals surface area (Å²) in [7, 11) is 1.85. The Labute approximate surface area is 153 Å². The minimum atomic E-state index is -0.886. The van der Waals surface area contributed by atoms with Gasteiger partial charge in [0.15, 0.2) is 0 Å². The largest absolute Gasteiger partial charge is 0.481 e. The molecule has 4 rings (SSSR count). The fourth-order valence-corrected chi connectivity index (χ4v) is 3.13. The number of nitrogens with zero attached hydrogens (tertiary/aromatic N) is 3. The summed E-state index contributed by atoms with van der Waals surface area (Å²) in [5, 5.41) is 18.1. The van der Waals surface area contributed by atoms with Gasteiger partial charge in [0.05, 0.1) is 23.5 Å². The predicted molar refractivity (Wildman–Crippen MR) is 103 cm³/mol. The molecule has 0 aliphatic carbocycles. The average molecular weight is 363 g/mol. The molecule has 8 heteroatoms. The van der Waals surface area contributed by atoms with E-state index in [0.717, 1.165) is 21.9 Å². The third-order valence-electron chi connectivity index (χ3n) is 4.38. The van der Waals surface area contributed by atoms with Gasteiger partial charge in [-0.1, -0.05) is 12.1 Å².